The van der Waals surface area contributed by atoms with Gasteiger partial charge in [0.2, 0.25) is 0 Å². The van der Waals surface area contributed by atoms with Gasteiger partial charge >= 0.3 is 0 Å². The summed E-state index contributed by atoms with van der Waals surface area (Å²) in [6.07, 6.45) is 1.11. The zero-order valence-electron chi connectivity index (χ0n) is 11.1. The molecule has 0 spiro atoms. The summed E-state index contributed by atoms with van der Waals surface area (Å²) in [5.41, 5.74) is 0.585. The summed E-state index contributed by atoms with van der Waals surface area (Å²) in [7, 11) is 0. The standard InChI is InChI=1S/C14H19N3O2/c1-2-7-15-8-9-19-10-13-16-12-6-4-3-5-11(12)14(18)17-13/h3-6,15H,2,7-10H2,1H3,(H,16,17,18). The molecule has 1 heterocycles. The molecule has 0 radical (unpaired) electrons. The van der Waals surface area contributed by atoms with Gasteiger partial charge < -0.3 is 15.0 Å². The number of nitrogens with one attached hydrogen (secondary N) is 2. The molecule has 0 saturated heterocycles. The molecule has 1 aromatic heterocycles. The van der Waals surface area contributed by atoms with Gasteiger partial charge in [-0.15, -0.1) is 0 Å². The molecule has 0 bridgehead atoms. The minimum absolute atomic E-state index is 0.117. The third kappa shape index (κ3) is 3.87. The van der Waals surface area contributed by atoms with Crippen molar-refractivity contribution in [2.24, 2.45) is 0 Å². The SMILES string of the molecule is CCCNCCOCc1nc2ccccc2c(=O)[nH]1. The molecule has 2 rings (SSSR count). The summed E-state index contributed by atoms with van der Waals surface area (Å²) in [6, 6.07) is 7.29. The average molecular weight is 261 g/mol. The molecule has 5 nitrogen and oxygen atoms in total. The lowest BCUT2D eigenvalue weighted by Gasteiger charge is -2.05. The summed E-state index contributed by atoms with van der Waals surface area (Å²) in [5.74, 6) is 0.569. The van der Waals surface area contributed by atoms with Gasteiger partial charge in [0.1, 0.15) is 12.4 Å². The Balaban J connectivity index is 1.92. The van der Waals surface area contributed by atoms with E-state index in [1.54, 1.807) is 6.07 Å². The molecule has 0 aliphatic rings. The van der Waals surface area contributed by atoms with Crippen LogP contribution in [-0.4, -0.2) is 29.7 Å². The lowest BCUT2D eigenvalue weighted by Crippen LogP contribution is -2.21. The van der Waals surface area contributed by atoms with E-state index in [4.69, 9.17) is 4.74 Å². The number of ether oxygens (including phenoxy) is 1. The number of hydrogen-bond donors (Lipinski definition) is 2. The smallest absolute Gasteiger partial charge is 0.258 e. The van der Waals surface area contributed by atoms with Crippen LogP contribution in [-0.2, 0) is 11.3 Å². The Morgan fingerprint density at radius 2 is 2.16 bits per heavy atom. The highest BCUT2D eigenvalue weighted by Crippen LogP contribution is 2.05. The van der Waals surface area contributed by atoms with E-state index in [0.717, 1.165) is 19.5 Å². The first kappa shape index (κ1) is 13.7. The fourth-order valence-corrected chi connectivity index (χ4v) is 1.82. The van der Waals surface area contributed by atoms with Gasteiger partial charge in [-0.25, -0.2) is 4.98 Å². The molecule has 5 heteroatoms. The summed E-state index contributed by atoms with van der Waals surface area (Å²) < 4.78 is 5.48. The van der Waals surface area contributed by atoms with E-state index in [0.29, 0.717) is 29.9 Å². The van der Waals surface area contributed by atoms with E-state index in [1.807, 2.05) is 18.2 Å². The largest absolute Gasteiger partial charge is 0.372 e. The predicted molar refractivity (Wildman–Crippen MR) is 75.2 cm³/mol. The second kappa shape index (κ2) is 7.01. The number of para-hydroxylation sites is 1. The zero-order chi connectivity index (χ0) is 13.5. The van der Waals surface area contributed by atoms with E-state index < -0.39 is 0 Å². The highest BCUT2D eigenvalue weighted by atomic mass is 16.5. The number of hydrogen-bond acceptors (Lipinski definition) is 4. The quantitative estimate of drug-likeness (QED) is 0.740. The second-order valence-corrected chi connectivity index (χ2v) is 4.33. The van der Waals surface area contributed by atoms with Gasteiger partial charge in [-0.1, -0.05) is 19.1 Å². The molecule has 0 atom stereocenters. The highest BCUT2D eigenvalue weighted by molar-refractivity contribution is 5.77. The highest BCUT2D eigenvalue weighted by Gasteiger charge is 2.02. The van der Waals surface area contributed by atoms with Crippen molar-refractivity contribution < 1.29 is 4.74 Å². The predicted octanol–water partition coefficient (Wildman–Crippen LogP) is 1.44. The molecule has 0 fully saturated rings. The molecule has 19 heavy (non-hydrogen) atoms. The van der Waals surface area contributed by atoms with Gasteiger partial charge in [-0.05, 0) is 25.1 Å². The monoisotopic (exact) mass is 261 g/mol. The van der Waals surface area contributed by atoms with E-state index >= 15 is 0 Å². The number of nitrogens with zero attached hydrogens (tertiary/aromatic N) is 1. The Bertz CT molecular complexity index is 580. The minimum atomic E-state index is -0.117. The molecule has 2 N–H and O–H groups in total. The number of benzene rings is 1. The van der Waals surface area contributed by atoms with Crippen LogP contribution in [0.1, 0.15) is 19.2 Å². The van der Waals surface area contributed by atoms with Gasteiger partial charge in [0, 0.05) is 6.54 Å². The molecule has 0 amide bonds. The number of H-pyrrole nitrogens is 1. The van der Waals surface area contributed by atoms with Gasteiger partial charge in [0.15, 0.2) is 0 Å². The van der Waals surface area contributed by atoms with Crippen LogP contribution >= 0.6 is 0 Å². The van der Waals surface area contributed by atoms with E-state index in [1.165, 1.54) is 0 Å². The van der Waals surface area contributed by atoms with Gasteiger partial charge in [-0.2, -0.15) is 0 Å². The number of fused-ring (bicyclic) bond motifs is 1. The molecule has 1 aromatic carbocycles. The van der Waals surface area contributed by atoms with Crippen molar-refractivity contribution in [3.63, 3.8) is 0 Å². The Kier molecular flexibility index (Phi) is 5.06. The van der Waals surface area contributed by atoms with Crippen LogP contribution in [0.3, 0.4) is 0 Å². The fraction of sp³-hybridized carbons (Fsp3) is 0.429. The van der Waals surface area contributed by atoms with Crippen molar-refractivity contribution in [3.8, 4) is 0 Å². The van der Waals surface area contributed by atoms with Crippen molar-refractivity contribution in [1.29, 1.82) is 0 Å². The number of rotatable bonds is 7. The van der Waals surface area contributed by atoms with Crippen molar-refractivity contribution in [1.82, 2.24) is 15.3 Å². The third-order valence-corrected chi connectivity index (χ3v) is 2.75. The van der Waals surface area contributed by atoms with Crippen LogP contribution in [0.15, 0.2) is 29.1 Å². The molecular weight excluding hydrogens is 242 g/mol. The first-order valence-electron chi connectivity index (χ1n) is 6.57. The van der Waals surface area contributed by atoms with Crippen LogP contribution < -0.4 is 10.9 Å². The summed E-state index contributed by atoms with van der Waals surface area (Å²) in [6.45, 7) is 4.86. The molecule has 2 aromatic rings. The molecular formula is C14H19N3O2. The topological polar surface area (TPSA) is 67.0 Å². The fourth-order valence-electron chi connectivity index (χ4n) is 1.82. The molecule has 0 saturated carbocycles. The number of aromatic amines is 1. The van der Waals surface area contributed by atoms with E-state index in [-0.39, 0.29) is 5.56 Å². The van der Waals surface area contributed by atoms with Crippen molar-refractivity contribution in [2.45, 2.75) is 20.0 Å². The van der Waals surface area contributed by atoms with Gasteiger partial charge in [0.05, 0.1) is 17.5 Å². The van der Waals surface area contributed by atoms with Crippen LogP contribution in [0.25, 0.3) is 10.9 Å². The van der Waals surface area contributed by atoms with E-state index in [9.17, 15) is 4.79 Å². The van der Waals surface area contributed by atoms with Crippen LogP contribution in [0.5, 0.6) is 0 Å². The second-order valence-electron chi connectivity index (χ2n) is 4.33. The normalized spacial score (nSPS) is 11.0. The maximum Gasteiger partial charge on any atom is 0.258 e. The first-order chi connectivity index (χ1) is 9.31. The van der Waals surface area contributed by atoms with Crippen molar-refractivity contribution in [2.75, 3.05) is 19.7 Å². The van der Waals surface area contributed by atoms with E-state index in [2.05, 4.69) is 22.2 Å². The maximum atomic E-state index is 11.8. The molecule has 0 aliphatic heterocycles. The summed E-state index contributed by atoms with van der Waals surface area (Å²) in [5, 5.41) is 3.85. The molecule has 102 valence electrons. The lowest BCUT2D eigenvalue weighted by atomic mass is 10.2. The van der Waals surface area contributed by atoms with Gasteiger partial charge in [-0.3, -0.25) is 4.79 Å². The van der Waals surface area contributed by atoms with Crippen LogP contribution in [0.2, 0.25) is 0 Å². The van der Waals surface area contributed by atoms with Crippen LogP contribution in [0.4, 0.5) is 0 Å². The Morgan fingerprint density at radius 3 is 3.00 bits per heavy atom. The number of aromatic nitrogens is 2. The lowest BCUT2D eigenvalue weighted by molar-refractivity contribution is 0.117. The molecule has 0 aliphatic carbocycles. The first-order valence-corrected chi connectivity index (χ1v) is 6.57. The zero-order valence-corrected chi connectivity index (χ0v) is 11.1. The third-order valence-electron chi connectivity index (χ3n) is 2.75. The minimum Gasteiger partial charge on any atom is -0.372 e. The summed E-state index contributed by atoms with van der Waals surface area (Å²) >= 11 is 0. The Hall–Kier alpha value is -1.72. The Labute approximate surface area is 112 Å². The summed E-state index contributed by atoms with van der Waals surface area (Å²) in [4.78, 5) is 18.9. The van der Waals surface area contributed by atoms with Crippen molar-refractivity contribution >= 4 is 10.9 Å². The van der Waals surface area contributed by atoms with Gasteiger partial charge in [0.25, 0.3) is 5.56 Å². The average Bonchev–Trinajstić information content (AvgIpc) is 2.43. The van der Waals surface area contributed by atoms with Crippen LogP contribution in [0, 0.1) is 0 Å². The maximum absolute atomic E-state index is 11.8. The molecule has 0 unspecified atom stereocenters. The Morgan fingerprint density at radius 1 is 1.32 bits per heavy atom. The van der Waals surface area contributed by atoms with Crippen molar-refractivity contribution in [3.05, 3.63) is 40.4 Å².